The number of benzene rings is 1. The van der Waals surface area contributed by atoms with E-state index < -0.39 is 16.4 Å². The predicted octanol–water partition coefficient (Wildman–Crippen LogP) is 1.28. The van der Waals surface area contributed by atoms with E-state index in [-0.39, 0.29) is 11.4 Å². The van der Waals surface area contributed by atoms with Gasteiger partial charge in [0, 0.05) is 0 Å². The summed E-state index contributed by atoms with van der Waals surface area (Å²) in [4.78, 5) is 22.0. The Balaban J connectivity index is 3.09. The SMILES string of the molecule is COc1ccc(NC(=O)C(C)(C)N)c([N+](=O)[O-])c1. The van der Waals surface area contributed by atoms with Gasteiger partial charge in [-0.05, 0) is 26.0 Å². The van der Waals surface area contributed by atoms with Crippen molar-refractivity contribution in [3.8, 4) is 5.75 Å². The highest BCUT2D eigenvalue weighted by Crippen LogP contribution is 2.29. The fourth-order valence-electron chi connectivity index (χ4n) is 1.18. The first-order valence-corrected chi connectivity index (χ1v) is 5.18. The van der Waals surface area contributed by atoms with Gasteiger partial charge >= 0.3 is 0 Å². The molecule has 1 aromatic rings. The fourth-order valence-corrected chi connectivity index (χ4v) is 1.18. The molecule has 98 valence electrons. The number of hydrogen-bond donors (Lipinski definition) is 2. The fraction of sp³-hybridized carbons (Fsp3) is 0.364. The summed E-state index contributed by atoms with van der Waals surface area (Å²) in [5, 5.41) is 13.3. The standard InChI is InChI=1S/C11H15N3O4/c1-11(2,12)10(15)13-8-5-4-7(18-3)6-9(8)14(16)17/h4-6H,12H2,1-3H3,(H,13,15). The molecule has 3 N–H and O–H groups in total. The van der Waals surface area contributed by atoms with Crippen LogP contribution in [-0.4, -0.2) is 23.5 Å². The molecule has 0 saturated heterocycles. The van der Waals surface area contributed by atoms with Crippen LogP contribution in [0.4, 0.5) is 11.4 Å². The Morgan fingerprint density at radius 3 is 2.56 bits per heavy atom. The molecular formula is C11H15N3O4. The van der Waals surface area contributed by atoms with Crippen molar-refractivity contribution in [1.29, 1.82) is 0 Å². The molecule has 0 aliphatic rings. The molecule has 0 heterocycles. The van der Waals surface area contributed by atoms with Crippen molar-refractivity contribution in [3.05, 3.63) is 28.3 Å². The third-order valence-electron chi connectivity index (χ3n) is 2.24. The minimum absolute atomic E-state index is 0.0873. The predicted molar refractivity (Wildman–Crippen MR) is 66.5 cm³/mol. The number of nitro benzene ring substituents is 1. The van der Waals surface area contributed by atoms with E-state index >= 15 is 0 Å². The molecule has 0 fully saturated rings. The van der Waals surface area contributed by atoms with Crippen LogP contribution >= 0.6 is 0 Å². The van der Waals surface area contributed by atoms with E-state index in [0.717, 1.165) is 0 Å². The van der Waals surface area contributed by atoms with E-state index in [0.29, 0.717) is 5.75 Å². The maximum absolute atomic E-state index is 11.7. The molecule has 1 rings (SSSR count). The van der Waals surface area contributed by atoms with Gasteiger partial charge in [0.25, 0.3) is 5.69 Å². The Morgan fingerprint density at radius 2 is 2.11 bits per heavy atom. The monoisotopic (exact) mass is 253 g/mol. The van der Waals surface area contributed by atoms with Gasteiger partial charge in [-0.25, -0.2) is 0 Å². The summed E-state index contributed by atoms with van der Waals surface area (Å²) >= 11 is 0. The molecule has 0 saturated carbocycles. The molecular weight excluding hydrogens is 238 g/mol. The summed E-state index contributed by atoms with van der Waals surface area (Å²) in [5.74, 6) is -0.164. The number of anilines is 1. The summed E-state index contributed by atoms with van der Waals surface area (Å²) in [6, 6.07) is 4.16. The van der Waals surface area contributed by atoms with E-state index in [2.05, 4.69) is 5.32 Å². The van der Waals surface area contributed by atoms with Crippen molar-refractivity contribution in [1.82, 2.24) is 0 Å². The van der Waals surface area contributed by atoms with E-state index in [1.807, 2.05) is 0 Å². The van der Waals surface area contributed by atoms with Gasteiger partial charge < -0.3 is 15.8 Å². The first-order valence-electron chi connectivity index (χ1n) is 5.18. The minimum Gasteiger partial charge on any atom is -0.496 e. The van der Waals surface area contributed by atoms with Crippen LogP contribution in [-0.2, 0) is 4.79 Å². The number of nitrogens with two attached hydrogens (primary N) is 1. The minimum atomic E-state index is -1.12. The van der Waals surface area contributed by atoms with Gasteiger partial charge in [0.15, 0.2) is 0 Å². The molecule has 7 nitrogen and oxygen atoms in total. The van der Waals surface area contributed by atoms with Gasteiger partial charge in [0.1, 0.15) is 11.4 Å². The first-order chi connectivity index (χ1) is 8.25. The number of rotatable bonds is 4. The van der Waals surface area contributed by atoms with Crippen molar-refractivity contribution in [2.75, 3.05) is 12.4 Å². The largest absolute Gasteiger partial charge is 0.496 e. The smallest absolute Gasteiger partial charge is 0.296 e. The Bertz CT molecular complexity index is 480. The molecule has 0 aliphatic carbocycles. The van der Waals surface area contributed by atoms with Crippen LogP contribution in [0.25, 0.3) is 0 Å². The average Bonchev–Trinajstić information content (AvgIpc) is 2.27. The van der Waals surface area contributed by atoms with Gasteiger partial charge in [-0.2, -0.15) is 0 Å². The average molecular weight is 253 g/mol. The molecule has 0 aromatic heterocycles. The Labute approximate surface area is 104 Å². The molecule has 0 bridgehead atoms. The summed E-state index contributed by atoms with van der Waals surface area (Å²) in [7, 11) is 1.40. The zero-order valence-electron chi connectivity index (χ0n) is 10.4. The Kier molecular flexibility index (Phi) is 3.87. The Hall–Kier alpha value is -2.15. The molecule has 0 unspecified atom stereocenters. The molecule has 18 heavy (non-hydrogen) atoms. The van der Waals surface area contributed by atoms with Crippen LogP contribution in [0.2, 0.25) is 0 Å². The number of nitrogens with zero attached hydrogens (tertiary/aromatic N) is 1. The second-order valence-electron chi connectivity index (χ2n) is 4.32. The number of hydrogen-bond acceptors (Lipinski definition) is 5. The van der Waals surface area contributed by atoms with E-state index in [4.69, 9.17) is 10.5 Å². The van der Waals surface area contributed by atoms with Crippen molar-refractivity contribution < 1.29 is 14.5 Å². The lowest BCUT2D eigenvalue weighted by molar-refractivity contribution is -0.384. The number of carbonyl (C=O) groups excluding carboxylic acids is 1. The van der Waals surface area contributed by atoms with Crippen molar-refractivity contribution in [2.24, 2.45) is 5.73 Å². The van der Waals surface area contributed by atoms with E-state index in [9.17, 15) is 14.9 Å². The number of carbonyl (C=O) groups is 1. The molecule has 1 amide bonds. The highest BCUT2D eigenvalue weighted by atomic mass is 16.6. The summed E-state index contributed by atoms with van der Waals surface area (Å²) in [6.45, 7) is 3.02. The molecule has 1 aromatic carbocycles. The maximum Gasteiger partial charge on any atom is 0.296 e. The number of ether oxygens (including phenoxy) is 1. The van der Waals surface area contributed by atoms with Gasteiger partial charge in [-0.1, -0.05) is 0 Å². The van der Waals surface area contributed by atoms with Crippen LogP contribution < -0.4 is 15.8 Å². The summed E-state index contributed by atoms with van der Waals surface area (Å²) in [5.41, 5.74) is 4.33. The van der Waals surface area contributed by atoms with Crippen LogP contribution in [0.1, 0.15) is 13.8 Å². The lowest BCUT2D eigenvalue weighted by Crippen LogP contribution is -2.45. The van der Waals surface area contributed by atoms with E-state index in [1.165, 1.54) is 39.2 Å². The number of methoxy groups -OCH3 is 1. The number of nitrogens with one attached hydrogen (secondary N) is 1. The van der Waals surface area contributed by atoms with Crippen LogP contribution in [0.15, 0.2) is 18.2 Å². The normalized spacial score (nSPS) is 10.9. The Morgan fingerprint density at radius 1 is 1.50 bits per heavy atom. The maximum atomic E-state index is 11.7. The van der Waals surface area contributed by atoms with Gasteiger partial charge in [0.2, 0.25) is 5.91 Å². The zero-order valence-corrected chi connectivity index (χ0v) is 10.4. The van der Waals surface area contributed by atoms with Crippen LogP contribution in [0.3, 0.4) is 0 Å². The third kappa shape index (κ3) is 3.17. The second kappa shape index (κ2) is 5.01. The summed E-state index contributed by atoms with van der Waals surface area (Å²) < 4.78 is 4.89. The molecule has 7 heteroatoms. The zero-order chi connectivity index (χ0) is 13.9. The van der Waals surface area contributed by atoms with Gasteiger partial charge in [-0.3, -0.25) is 14.9 Å². The lowest BCUT2D eigenvalue weighted by Gasteiger charge is -2.17. The lowest BCUT2D eigenvalue weighted by atomic mass is 10.1. The number of nitro groups is 1. The molecule has 0 atom stereocenters. The van der Waals surface area contributed by atoms with Gasteiger partial charge in [-0.15, -0.1) is 0 Å². The first kappa shape index (κ1) is 13.9. The number of amides is 1. The van der Waals surface area contributed by atoms with Crippen LogP contribution in [0.5, 0.6) is 5.75 Å². The molecule has 0 spiro atoms. The molecule has 0 aliphatic heterocycles. The topological polar surface area (TPSA) is 107 Å². The quantitative estimate of drug-likeness (QED) is 0.620. The van der Waals surface area contributed by atoms with E-state index in [1.54, 1.807) is 0 Å². The van der Waals surface area contributed by atoms with Gasteiger partial charge in [0.05, 0.1) is 23.6 Å². The van der Waals surface area contributed by atoms with Crippen molar-refractivity contribution in [2.45, 2.75) is 19.4 Å². The molecule has 0 radical (unpaired) electrons. The highest BCUT2D eigenvalue weighted by molar-refractivity contribution is 5.99. The van der Waals surface area contributed by atoms with Crippen molar-refractivity contribution >= 4 is 17.3 Å². The third-order valence-corrected chi connectivity index (χ3v) is 2.24. The van der Waals surface area contributed by atoms with Crippen LogP contribution in [0, 0.1) is 10.1 Å². The summed E-state index contributed by atoms with van der Waals surface area (Å²) in [6.07, 6.45) is 0. The van der Waals surface area contributed by atoms with Crippen molar-refractivity contribution in [3.63, 3.8) is 0 Å². The highest BCUT2D eigenvalue weighted by Gasteiger charge is 2.25. The second-order valence-corrected chi connectivity index (χ2v) is 4.32.